The van der Waals surface area contributed by atoms with Gasteiger partial charge in [0.15, 0.2) is 0 Å². The van der Waals surface area contributed by atoms with Crippen LogP contribution >= 0.6 is 0 Å². The van der Waals surface area contributed by atoms with Gasteiger partial charge in [-0.05, 0) is 12.8 Å². The Morgan fingerprint density at radius 2 is 1.83 bits per heavy atom. The van der Waals surface area contributed by atoms with Crippen molar-refractivity contribution in [3.05, 3.63) is 24.7 Å². The minimum atomic E-state index is -0.0677. The van der Waals surface area contributed by atoms with Gasteiger partial charge >= 0.3 is 0 Å². The molecule has 0 rings (SSSR count). The van der Waals surface area contributed by atoms with Crippen LogP contribution in [0.5, 0.6) is 0 Å². The summed E-state index contributed by atoms with van der Waals surface area (Å²) in [7, 11) is 0. The van der Waals surface area contributed by atoms with Crippen molar-refractivity contribution in [3.63, 3.8) is 0 Å². The van der Waals surface area contributed by atoms with Crippen LogP contribution in [0.1, 0.15) is 25.7 Å². The number of allylic oxidation sites excluding steroid dienone is 1. The Balaban J connectivity index is 3.37. The molecule has 0 aliphatic rings. The topological polar surface area (TPSA) is 66.5 Å². The second kappa shape index (κ2) is 5.66. The third-order valence-corrected chi connectivity index (χ3v) is 1.54. The normalized spacial score (nSPS) is 12.4. The van der Waals surface area contributed by atoms with Gasteiger partial charge in [-0.1, -0.05) is 13.2 Å². The summed E-state index contributed by atoms with van der Waals surface area (Å²) in [5.41, 5.74) is 5.63. The fraction of sp³-hybridized carbons (Fsp3) is 0.556. The van der Waals surface area contributed by atoms with E-state index in [1.807, 2.05) is 0 Å². The van der Waals surface area contributed by atoms with E-state index in [1.54, 1.807) is 0 Å². The molecule has 3 nitrogen and oxygen atoms in total. The van der Waals surface area contributed by atoms with E-state index in [-0.39, 0.29) is 17.6 Å². The molecule has 0 radical (unpaired) electrons. The summed E-state index contributed by atoms with van der Waals surface area (Å²) in [6, 6.07) is -0.0677. The summed E-state index contributed by atoms with van der Waals surface area (Å²) in [5.74, 6) is 0.301. The Kier molecular flexibility index (Phi) is 5.21. The molecule has 0 aliphatic carbocycles. The average Bonchev–Trinajstić information content (AvgIpc) is 1.84. The van der Waals surface area contributed by atoms with Gasteiger partial charge in [-0.2, -0.15) is 0 Å². The molecule has 1 unspecified atom stereocenters. The van der Waals surface area contributed by atoms with Crippen molar-refractivity contribution in [3.8, 4) is 0 Å². The molecule has 3 heteroatoms. The van der Waals surface area contributed by atoms with Gasteiger partial charge < -0.3 is 15.9 Å². The van der Waals surface area contributed by atoms with Crippen LogP contribution in [0.15, 0.2) is 24.7 Å². The van der Waals surface area contributed by atoms with Crippen molar-refractivity contribution >= 4 is 0 Å². The van der Waals surface area contributed by atoms with E-state index in [1.165, 1.54) is 0 Å². The monoisotopic (exact) mass is 171 g/mol. The molecule has 0 fully saturated rings. The van der Waals surface area contributed by atoms with Crippen molar-refractivity contribution in [2.45, 2.75) is 31.7 Å². The lowest BCUT2D eigenvalue weighted by Crippen LogP contribution is -2.20. The predicted molar refractivity (Wildman–Crippen MR) is 50.0 cm³/mol. The molecule has 0 aromatic carbocycles. The van der Waals surface area contributed by atoms with E-state index in [9.17, 15) is 0 Å². The Labute approximate surface area is 73.2 Å². The first kappa shape index (κ1) is 11.0. The molecule has 0 aliphatic heterocycles. The fourth-order valence-electron chi connectivity index (χ4n) is 0.973. The molecule has 0 saturated carbocycles. The number of aliphatic hydroxyl groups is 2. The van der Waals surface area contributed by atoms with E-state index in [0.717, 1.165) is 12.8 Å². The lowest BCUT2D eigenvalue weighted by molar-refractivity contribution is 0.360. The Morgan fingerprint density at radius 1 is 1.25 bits per heavy atom. The Hall–Kier alpha value is -0.960. The van der Waals surface area contributed by atoms with Gasteiger partial charge in [0.2, 0.25) is 0 Å². The smallest absolute Gasteiger partial charge is 0.0866 e. The van der Waals surface area contributed by atoms with Crippen LogP contribution in [-0.2, 0) is 0 Å². The largest absolute Gasteiger partial charge is 0.513 e. The number of hydrogen-bond donors (Lipinski definition) is 3. The van der Waals surface area contributed by atoms with Crippen LogP contribution < -0.4 is 5.73 Å². The number of aliphatic hydroxyl groups excluding tert-OH is 2. The summed E-state index contributed by atoms with van der Waals surface area (Å²) < 4.78 is 0. The molecule has 0 bridgehead atoms. The Morgan fingerprint density at radius 3 is 2.25 bits per heavy atom. The van der Waals surface area contributed by atoms with Crippen LogP contribution in [0.4, 0.5) is 0 Å². The van der Waals surface area contributed by atoms with E-state index >= 15 is 0 Å². The first-order chi connectivity index (χ1) is 5.52. The summed E-state index contributed by atoms with van der Waals surface area (Å²) in [6.45, 7) is 6.71. The van der Waals surface area contributed by atoms with Gasteiger partial charge in [0.1, 0.15) is 0 Å². The van der Waals surface area contributed by atoms with Gasteiger partial charge in [-0.3, -0.25) is 0 Å². The molecule has 70 valence electrons. The van der Waals surface area contributed by atoms with Gasteiger partial charge in [-0.15, -0.1) is 0 Å². The molecule has 0 amide bonds. The maximum atomic E-state index is 8.79. The van der Waals surface area contributed by atoms with Crippen molar-refractivity contribution < 1.29 is 10.2 Å². The predicted octanol–water partition coefficient (Wildman–Crippen LogP) is 2.02. The first-order valence-corrected chi connectivity index (χ1v) is 4.01. The number of nitrogens with two attached hydrogens (primary N) is 1. The highest BCUT2D eigenvalue weighted by Gasteiger charge is 2.03. The van der Waals surface area contributed by atoms with Crippen LogP contribution in [-0.4, -0.2) is 16.3 Å². The fourth-order valence-corrected chi connectivity index (χ4v) is 0.973. The minimum absolute atomic E-state index is 0.0677. The van der Waals surface area contributed by atoms with Crippen LogP contribution in [0, 0.1) is 0 Å². The molecule has 0 aromatic heterocycles. The molecular weight excluding hydrogens is 154 g/mol. The van der Waals surface area contributed by atoms with Crippen LogP contribution in [0.3, 0.4) is 0 Å². The SMILES string of the molecule is C=C(O)CCCC(N)CC(=C)O. The second-order valence-electron chi connectivity index (χ2n) is 2.99. The highest BCUT2D eigenvalue weighted by molar-refractivity contribution is 4.85. The van der Waals surface area contributed by atoms with E-state index in [0.29, 0.717) is 12.8 Å². The zero-order valence-corrected chi connectivity index (χ0v) is 7.29. The lowest BCUT2D eigenvalue weighted by Gasteiger charge is -2.09. The maximum Gasteiger partial charge on any atom is 0.0866 e. The second-order valence-corrected chi connectivity index (χ2v) is 2.99. The number of hydrogen-bond acceptors (Lipinski definition) is 3. The highest BCUT2D eigenvalue weighted by Crippen LogP contribution is 2.08. The maximum absolute atomic E-state index is 8.79. The van der Waals surface area contributed by atoms with Gasteiger partial charge in [0.05, 0.1) is 11.5 Å². The van der Waals surface area contributed by atoms with E-state index in [2.05, 4.69) is 13.2 Å². The quantitative estimate of drug-likeness (QED) is 0.535. The van der Waals surface area contributed by atoms with Gasteiger partial charge in [-0.25, -0.2) is 0 Å². The van der Waals surface area contributed by atoms with Crippen molar-refractivity contribution in [1.82, 2.24) is 0 Å². The summed E-state index contributed by atoms with van der Waals surface area (Å²) in [6.07, 6.45) is 2.56. The third kappa shape index (κ3) is 7.15. The molecule has 0 aromatic rings. The molecule has 12 heavy (non-hydrogen) atoms. The summed E-state index contributed by atoms with van der Waals surface area (Å²) in [4.78, 5) is 0. The molecular formula is C9H17NO2. The lowest BCUT2D eigenvalue weighted by atomic mass is 10.1. The highest BCUT2D eigenvalue weighted by atomic mass is 16.3. The standard InChI is InChI=1S/C9H17NO2/c1-7(11)4-3-5-9(10)6-8(2)12/h9,11-12H,1-6,10H2. The van der Waals surface area contributed by atoms with E-state index < -0.39 is 0 Å². The summed E-state index contributed by atoms with van der Waals surface area (Å²) in [5, 5.41) is 17.5. The Bertz CT molecular complexity index is 166. The van der Waals surface area contributed by atoms with E-state index in [4.69, 9.17) is 15.9 Å². The van der Waals surface area contributed by atoms with Gasteiger partial charge in [0.25, 0.3) is 0 Å². The average molecular weight is 171 g/mol. The minimum Gasteiger partial charge on any atom is -0.513 e. The third-order valence-electron chi connectivity index (χ3n) is 1.54. The first-order valence-electron chi connectivity index (χ1n) is 4.01. The van der Waals surface area contributed by atoms with Crippen LogP contribution in [0.25, 0.3) is 0 Å². The molecule has 0 spiro atoms. The summed E-state index contributed by atoms with van der Waals surface area (Å²) >= 11 is 0. The van der Waals surface area contributed by atoms with Crippen molar-refractivity contribution in [2.75, 3.05) is 0 Å². The molecule has 0 saturated heterocycles. The molecule has 1 atom stereocenters. The van der Waals surface area contributed by atoms with Crippen molar-refractivity contribution in [2.24, 2.45) is 5.73 Å². The van der Waals surface area contributed by atoms with Crippen molar-refractivity contribution in [1.29, 1.82) is 0 Å². The number of rotatable bonds is 6. The molecule has 4 N–H and O–H groups in total. The molecule has 0 heterocycles. The van der Waals surface area contributed by atoms with Crippen LogP contribution in [0.2, 0.25) is 0 Å². The zero-order valence-electron chi connectivity index (χ0n) is 7.29. The zero-order chi connectivity index (χ0) is 9.56. The van der Waals surface area contributed by atoms with Gasteiger partial charge in [0, 0.05) is 18.9 Å².